The molecule has 1 aromatic heterocycles. The molecule has 0 aliphatic carbocycles. The van der Waals surface area contributed by atoms with Crippen LogP contribution in [0.25, 0.3) is 10.9 Å². The van der Waals surface area contributed by atoms with Gasteiger partial charge < -0.3 is 19.4 Å². The Hall–Kier alpha value is -1.89. The first-order valence-corrected chi connectivity index (χ1v) is 10.0. The molecule has 27 heavy (non-hydrogen) atoms. The normalized spacial score (nSPS) is 22.5. The van der Waals surface area contributed by atoms with Gasteiger partial charge >= 0.3 is 0 Å². The van der Waals surface area contributed by atoms with Crippen molar-refractivity contribution >= 4 is 16.8 Å². The Morgan fingerprint density at radius 2 is 1.96 bits per heavy atom. The Morgan fingerprint density at radius 1 is 1.19 bits per heavy atom. The number of nitrogens with zero attached hydrogens (tertiary/aromatic N) is 2. The highest BCUT2D eigenvalue weighted by Crippen LogP contribution is 2.32. The lowest BCUT2D eigenvalue weighted by Crippen LogP contribution is -2.49. The van der Waals surface area contributed by atoms with E-state index in [1.165, 1.54) is 27.7 Å². The van der Waals surface area contributed by atoms with Gasteiger partial charge in [-0.2, -0.15) is 0 Å². The highest BCUT2D eigenvalue weighted by molar-refractivity contribution is 5.87. The van der Waals surface area contributed by atoms with Gasteiger partial charge in [0.1, 0.15) is 0 Å². The van der Waals surface area contributed by atoms with Crippen LogP contribution in [0.2, 0.25) is 0 Å². The van der Waals surface area contributed by atoms with Crippen LogP contribution in [0.3, 0.4) is 0 Å². The molecule has 1 spiro atoms. The van der Waals surface area contributed by atoms with Crippen molar-refractivity contribution in [3.8, 4) is 0 Å². The average Bonchev–Trinajstić information content (AvgIpc) is 3.28. The van der Waals surface area contributed by atoms with Crippen molar-refractivity contribution in [3.63, 3.8) is 0 Å². The molecule has 1 N–H and O–H groups in total. The third-order valence-electron chi connectivity index (χ3n) is 6.27. The lowest BCUT2D eigenvalue weighted by atomic mass is 10.0. The largest absolute Gasteiger partial charge is 0.358 e. The summed E-state index contributed by atoms with van der Waals surface area (Å²) in [4.78, 5) is 20.7. The number of hydrogen-bond acceptors (Lipinski definition) is 4. The van der Waals surface area contributed by atoms with Crippen LogP contribution in [0.15, 0.2) is 18.2 Å². The van der Waals surface area contributed by atoms with Gasteiger partial charge in [0.25, 0.3) is 0 Å². The van der Waals surface area contributed by atoms with Gasteiger partial charge in [0.2, 0.25) is 5.91 Å². The molecule has 2 aromatic rings. The van der Waals surface area contributed by atoms with Gasteiger partial charge in [-0.25, -0.2) is 0 Å². The van der Waals surface area contributed by atoms with Crippen LogP contribution in [0.4, 0.5) is 0 Å². The predicted molar refractivity (Wildman–Crippen MR) is 102 cm³/mol. The summed E-state index contributed by atoms with van der Waals surface area (Å²) in [5, 5.41) is 1.26. The number of aryl methyl sites for hydroxylation is 1. The van der Waals surface area contributed by atoms with Crippen molar-refractivity contribution in [1.29, 1.82) is 0 Å². The van der Waals surface area contributed by atoms with Gasteiger partial charge in [-0.3, -0.25) is 9.69 Å². The molecule has 0 radical (unpaired) electrons. The van der Waals surface area contributed by atoms with Crippen molar-refractivity contribution in [2.75, 3.05) is 39.4 Å². The number of amides is 1. The molecule has 0 saturated carbocycles. The lowest BCUT2D eigenvalue weighted by molar-refractivity contribution is -0.186. The summed E-state index contributed by atoms with van der Waals surface area (Å²) >= 11 is 0. The average molecular weight is 369 g/mol. The van der Waals surface area contributed by atoms with Crippen LogP contribution in [-0.4, -0.2) is 65.9 Å². The topological polar surface area (TPSA) is 57.8 Å². The predicted octanol–water partition coefficient (Wildman–Crippen LogP) is 2.20. The smallest absolute Gasteiger partial charge is 0.237 e. The Morgan fingerprint density at radius 3 is 2.74 bits per heavy atom. The number of ether oxygens (including phenoxy) is 2. The number of H-pyrrole nitrogens is 1. The van der Waals surface area contributed by atoms with Crippen molar-refractivity contribution < 1.29 is 14.3 Å². The fourth-order valence-electron chi connectivity index (χ4n) is 4.67. The molecule has 2 saturated heterocycles. The minimum absolute atomic E-state index is 0.229. The van der Waals surface area contributed by atoms with E-state index >= 15 is 0 Å². The number of aromatic nitrogens is 1. The number of hydrogen-bond donors (Lipinski definition) is 1. The number of piperidine rings is 1. The number of carbonyl (C=O) groups is 1. The molecule has 0 unspecified atom stereocenters. The Labute approximate surface area is 159 Å². The van der Waals surface area contributed by atoms with E-state index < -0.39 is 0 Å². The Kier molecular flexibility index (Phi) is 4.22. The van der Waals surface area contributed by atoms with Crippen LogP contribution in [0.1, 0.15) is 29.7 Å². The molecular formula is C21H27N3O3. The van der Waals surface area contributed by atoms with E-state index in [9.17, 15) is 4.79 Å². The van der Waals surface area contributed by atoms with Crippen LogP contribution in [0.5, 0.6) is 0 Å². The maximum atomic E-state index is 12.9. The number of rotatable bonds is 2. The highest BCUT2D eigenvalue weighted by Gasteiger charge is 2.40. The Bertz CT molecular complexity index is 859. The van der Waals surface area contributed by atoms with E-state index in [1.807, 2.05) is 4.90 Å². The first-order chi connectivity index (χ1) is 13.1. The highest BCUT2D eigenvalue weighted by atomic mass is 16.7. The number of likely N-dealkylation sites (tertiary alicyclic amines) is 1. The first-order valence-electron chi connectivity index (χ1n) is 10.0. The molecule has 3 aliphatic rings. The van der Waals surface area contributed by atoms with E-state index in [4.69, 9.17) is 9.47 Å². The van der Waals surface area contributed by atoms with Crippen LogP contribution in [0, 0.1) is 6.92 Å². The standard InChI is InChI=1S/C21H27N3O3/c1-15-2-3-18-16(12-15)17-13-24(7-4-19(17)22-18)20(25)14-23-8-5-21(6-9-23)26-10-11-27-21/h2-3,12,22H,4-11,13-14H2,1H3. The van der Waals surface area contributed by atoms with E-state index in [0.29, 0.717) is 26.3 Å². The zero-order valence-electron chi connectivity index (χ0n) is 15.9. The molecule has 5 rings (SSSR count). The summed E-state index contributed by atoms with van der Waals surface area (Å²) in [5.41, 5.74) is 5.01. The molecule has 4 heterocycles. The zero-order chi connectivity index (χ0) is 18.4. The van der Waals surface area contributed by atoms with E-state index in [1.54, 1.807) is 0 Å². The van der Waals surface area contributed by atoms with Crippen LogP contribution < -0.4 is 0 Å². The monoisotopic (exact) mass is 369 g/mol. The number of nitrogens with one attached hydrogen (secondary N) is 1. The molecule has 0 atom stereocenters. The summed E-state index contributed by atoms with van der Waals surface area (Å²) in [5.74, 6) is -0.145. The summed E-state index contributed by atoms with van der Waals surface area (Å²) in [6, 6.07) is 6.50. The second kappa shape index (κ2) is 6.62. The van der Waals surface area contributed by atoms with E-state index in [-0.39, 0.29) is 11.7 Å². The molecular weight excluding hydrogens is 342 g/mol. The minimum atomic E-state index is -0.374. The lowest BCUT2D eigenvalue weighted by Gasteiger charge is -2.38. The summed E-state index contributed by atoms with van der Waals surface area (Å²) in [7, 11) is 0. The number of carbonyl (C=O) groups excluding carboxylic acids is 1. The molecule has 1 amide bonds. The second-order valence-electron chi connectivity index (χ2n) is 8.08. The SMILES string of the molecule is Cc1ccc2[nH]c3c(c2c1)CN(C(=O)CN1CCC2(CC1)OCCO2)CC3. The molecule has 0 bridgehead atoms. The van der Waals surface area contributed by atoms with Crippen molar-refractivity contribution in [2.24, 2.45) is 0 Å². The third kappa shape index (κ3) is 3.16. The maximum absolute atomic E-state index is 12.9. The van der Waals surface area contributed by atoms with E-state index in [2.05, 4.69) is 35.0 Å². The quantitative estimate of drug-likeness (QED) is 0.882. The van der Waals surface area contributed by atoms with Gasteiger partial charge in [0.05, 0.1) is 19.8 Å². The van der Waals surface area contributed by atoms with Crippen molar-refractivity contribution in [2.45, 2.75) is 38.5 Å². The van der Waals surface area contributed by atoms with Crippen molar-refractivity contribution in [3.05, 3.63) is 35.0 Å². The van der Waals surface area contributed by atoms with Gasteiger partial charge in [0, 0.05) is 67.6 Å². The van der Waals surface area contributed by atoms with Gasteiger partial charge in [0.15, 0.2) is 5.79 Å². The minimum Gasteiger partial charge on any atom is -0.358 e. The Balaban J connectivity index is 1.24. The summed E-state index contributed by atoms with van der Waals surface area (Å²) < 4.78 is 11.6. The second-order valence-corrected chi connectivity index (χ2v) is 8.08. The van der Waals surface area contributed by atoms with Crippen molar-refractivity contribution in [1.82, 2.24) is 14.8 Å². The molecule has 6 nitrogen and oxygen atoms in total. The first kappa shape index (κ1) is 17.2. The fourth-order valence-corrected chi connectivity index (χ4v) is 4.67. The number of aromatic amines is 1. The summed E-state index contributed by atoms with van der Waals surface area (Å²) in [6.07, 6.45) is 2.61. The van der Waals surface area contributed by atoms with Gasteiger partial charge in [-0.05, 0) is 19.1 Å². The third-order valence-corrected chi connectivity index (χ3v) is 6.27. The number of fused-ring (bicyclic) bond motifs is 3. The maximum Gasteiger partial charge on any atom is 0.237 e. The molecule has 2 fully saturated rings. The van der Waals surface area contributed by atoms with Gasteiger partial charge in [-0.1, -0.05) is 11.6 Å². The van der Waals surface area contributed by atoms with Crippen LogP contribution >= 0.6 is 0 Å². The summed E-state index contributed by atoms with van der Waals surface area (Å²) in [6.45, 7) is 7.22. The fraction of sp³-hybridized carbons (Fsp3) is 0.571. The van der Waals surface area contributed by atoms with E-state index in [0.717, 1.165) is 38.9 Å². The number of benzene rings is 1. The molecule has 3 aliphatic heterocycles. The van der Waals surface area contributed by atoms with Crippen LogP contribution in [-0.2, 0) is 27.2 Å². The zero-order valence-corrected chi connectivity index (χ0v) is 15.9. The molecule has 1 aromatic carbocycles. The molecule has 144 valence electrons. The van der Waals surface area contributed by atoms with Gasteiger partial charge in [-0.15, -0.1) is 0 Å². The molecule has 6 heteroatoms.